The Bertz CT molecular complexity index is 606. The summed E-state index contributed by atoms with van der Waals surface area (Å²) in [5.41, 5.74) is 0.299. The topological polar surface area (TPSA) is 163 Å². The standard InChI is InChI=1S/C16H20O10/c17-9(6-24-15(23)8-4-2-1-3-5-8)7-25-16-12(20)10(18)11(19)13(26-16)14(21)22/h1-5,9-13,16-20H,6-7H2,(H,21,22)/t9-,10+,11+,12-,13+,16+/m1/s1. The molecule has 10 heteroatoms. The zero-order valence-electron chi connectivity index (χ0n) is 13.5. The molecular formula is C16H20O10. The first-order valence-electron chi connectivity index (χ1n) is 7.75. The summed E-state index contributed by atoms with van der Waals surface area (Å²) in [6.07, 6.45) is -10.0. The van der Waals surface area contributed by atoms with Gasteiger partial charge in [-0.15, -0.1) is 0 Å². The van der Waals surface area contributed by atoms with Crippen molar-refractivity contribution in [2.45, 2.75) is 36.8 Å². The molecule has 1 heterocycles. The molecule has 0 aromatic heterocycles. The van der Waals surface area contributed by atoms with Crippen LogP contribution in [0, 0.1) is 0 Å². The number of esters is 1. The van der Waals surface area contributed by atoms with E-state index in [1.54, 1.807) is 18.2 Å². The van der Waals surface area contributed by atoms with E-state index in [0.29, 0.717) is 5.56 Å². The van der Waals surface area contributed by atoms with E-state index in [1.165, 1.54) is 12.1 Å². The van der Waals surface area contributed by atoms with Crippen LogP contribution in [0.5, 0.6) is 0 Å². The van der Waals surface area contributed by atoms with Gasteiger partial charge in [0, 0.05) is 0 Å². The number of hydrogen-bond donors (Lipinski definition) is 5. The molecule has 1 aromatic rings. The van der Waals surface area contributed by atoms with Crippen LogP contribution in [0.15, 0.2) is 30.3 Å². The van der Waals surface area contributed by atoms with E-state index in [4.69, 9.17) is 19.3 Å². The third-order valence-corrected chi connectivity index (χ3v) is 3.68. The lowest BCUT2D eigenvalue weighted by Crippen LogP contribution is -2.60. The summed E-state index contributed by atoms with van der Waals surface area (Å²) in [6.45, 7) is -0.886. The summed E-state index contributed by atoms with van der Waals surface area (Å²) >= 11 is 0. The van der Waals surface area contributed by atoms with Crippen LogP contribution in [0.2, 0.25) is 0 Å². The van der Waals surface area contributed by atoms with Gasteiger partial charge in [-0.05, 0) is 12.1 Å². The van der Waals surface area contributed by atoms with Crippen LogP contribution < -0.4 is 0 Å². The average Bonchev–Trinajstić information content (AvgIpc) is 2.64. The molecule has 0 bridgehead atoms. The van der Waals surface area contributed by atoms with E-state index in [-0.39, 0.29) is 0 Å². The van der Waals surface area contributed by atoms with Gasteiger partial charge in [0.25, 0.3) is 0 Å². The van der Waals surface area contributed by atoms with Crippen LogP contribution >= 0.6 is 0 Å². The van der Waals surface area contributed by atoms with Crippen LogP contribution in [0.4, 0.5) is 0 Å². The fourth-order valence-corrected chi connectivity index (χ4v) is 2.27. The van der Waals surface area contributed by atoms with Gasteiger partial charge < -0.3 is 39.7 Å². The molecule has 1 aromatic carbocycles. The molecule has 1 fully saturated rings. The second kappa shape index (κ2) is 9.03. The summed E-state index contributed by atoms with van der Waals surface area (Å²) in [4.78, 5) is 22.7. The highest BCUT2D eigenvalue weighted by atomic mass is 16.7. The number of carbonyl (C=O) groups is 2. The number of aliphatic hydroxyl groups is 4. The Labute approximate surface area is 148 Å². The first-order chi connectivity index (χ1) is 12.3. The molecule has 6 atom stereocenters. The quantitative estimate of drug-likeness (QED) is 0.342. The molecule has 144 valence electrons. The van der Waals surface area contributed by atoms with E-state index in [2.05, 4.69) is 0 Å². The lowest BCUT2D eigenvalue weighted by Gasteiger charge is -2.38. The van der Waals surface area contributed by atoms with Crippen molar-refractivity contribution in [2.75, 3.05) is 13.2 Å². The van der Waals surface area contributed by atoms with Crippen LogP contribution in [0.1, 0.15) is 10.4 Å². The molecule has 1 aliphatic rings. The predicted octanol–water partition coefficient (Wildman–Crippen LogP) is -1.89. The number of carboxylic acids is 1. The van der Waals surface area contributed by atoms with E-state index in [1.807, 2.05) is 0 Å². The summed E-state index contributed by atoms with van der Waals surface area (Å²) in [5.74, 6) is -2.20. The number of rotatable bonds is 7. The van der Waals surface area contributed by atoms with E-state index >= 15 is 0 Å². The SMILES string of the molecule is O=C(OC[C@@H](O)CO[C@H]1O[C@H](C(=O)O)[C@@H](O)[C@H](O)[C@H]1O)c1ccccc1. The number of aliphatic carboxylic acids is 1. The van der Waals surface area contributed by atoms with Crippen LogP contribution in [0.3, 0.4) is 0 Å². The van der Waals surface area contributed by atoms with Crippen molar-refractivity contribution >= 4 is 11.9 Å². The van der Waals surface area contributed by atoms with Gasteiger partial charge in [-0.1, -0.05) is 18.2 Å². The van der Waals surface area contributed by atoms with Crippen LogP contribution in [-0.4, -0.2) is 87.5 Å². The predicted molar refractivity (Wildman–Crippen MR) is 83.0 cm³/mol. The second-order valence-electron chi connectivity index (χ2n) is 5.69. The average molecular weight is 372 g/mol. The molecule has 2 rings (SSSR count). The van der Waals surface area contributed by atoms with Crippen molar-refractivity contribution in [3.05, 3.63) is 35.9 Å². The molecule has 0 unspecified atom stereocenters. The molecule has 0 amide bonds. The van der Waals surface area contributed by atoms with Gasteiger partial charge >= 0.3 is 11.9 Å². The molecule has 26 heavy (non-hydrogen) atoms. The Balaban J connectivity index is 1.81. The van der Waals surface area contributed by atoms with Gasteiger partial charge in [-0.25, -0.2) is 9.59 Å². The molecule has 5 N–H and O–H groups in total. The fraction of sp³-hybridized carbons (Fsp3) is 0.500. The monoisotopic (exact) mass is 372 g/mol. The summed E-state index contributed by atoms with van der Waals surface area (Å²) in [6, 6.07) is 8.10. The molecule has 1 saturated heterocycles. The van der Waals surface area contributed by atoms with E-state index < -0.39 is 62.0 Å². The molecule has 0 spiro atoms. The second-order valence-corrected chi connectivity index (χ2v) is 5.69. The van der Waals surface area contributed by atoms with Crippen molar-refractivity contribution in [1.29, 1.82) is 0 Å². The molecule has 1 aliphatic heterocycles. The Morgan fingerprint density at radius 1 is 1.04 bits per heavy atom. The van der Waals surface area contributed by atoms with Crippen LogP contribution in [0.25, 0.3) is 0 Å². The highest BCUT2D eigenvalue weighted by Gasteiger charge is 2.47. The maximum absolute atomic E-state index is 11.7. The Kier molecular flexibility index (Phi) is 7.03. The smallest absolute Gasteiger partial charge is 0.338 e. The van der Waals surface area contributed by atoms with Crippen molar-refractivity contribution in [1.82, 2.24) is 0 Å². The highest BCUT2D eigenvalue weighted by Crippen LogP contribution is 2.22. The zero-order valence-corrected chi connectivity index (χ0v) is 13.5. The van der Waals surface area contributed by atoms with Crippen molar-refractivity contribution in [3.8, 4) is 0 Å². The molecule has 0 aliphatic carbocycles. The number of aliphatic hydroxyl groups excluding tert-OH is 4. The number of ether oxygens (including phenoxy) is 3. The number of carboxylic acid groups (broad SMARTS) is 1. The van der Waals surface area contributed by atoms with Gasteiger partial charge in [0.05, 0.1) is 12.2 Å². The summed E-state index contributed by atoms with van der Waals surface area (Å²) in [5, 5.41) is 47.7. The molecular weight excluding hydrogens is 352 g/mol. The van der Waals surface area contributed by atoms with Gasteiger partial charge in [-0.3, -0.25) is 0 Å². The maximum atomic E-state index is 11.7. The van der Waals surface area contributed by atoms with E-state index in [0.717, 1.165) is 0 Å². The van der Waals surface area contributed by atoms with Gasteiger partial charge in [0.1, 0.15) is 31.0 Å². The first kappa shape index (κ1) is 20.2. The Morgan fingerprint density at radius 3 is 2.31 bits per heavy atom. The van der Waals surface area contributed by atoms with Crippen molar-refractivity contribution in [2.24, 2.45) is 0 Å². The minimum atomic E-state index is -1.83. The van der Waals surface area contributed by atoms with Gasteiger partial charge in [0.2, 0.25) is 0 Å². The number of hydrogen-bond acceptors (Lipinski definition) is 9. The van der Waals surface area contributed by atoms with Crippen LogP contribution in [-0.2, 0) is 19.0 Å². The summed E-state index contributed by atoms with van der Waals surface area (Å²) < 4.78 is 14.8. The first-order valence-corrected chi connectivity index (χ1v) is 7.75. The Hall–Kier alpha value is -2.08. The fourth-order valence-electron chi connectivity index (χ4n) is 2.27. The largest absolute Gasteiger partial charge is 0.479 e. The van der Waals surface area contributed by atoms with E-state index in [9.17, 15) is 30.0 Å². The molecule has 10 nitrogen and oxygen atoms in total. The van der Waals surface area contributed by atoms with Crippen molar-refractivity contribution < 1.29 is 49.3 Å². The normalized spacial score (nSPS) is 29.8. The van der Waals surface area contributed by atoms with Gasteiger partial charge in [-0.2, -0.15) is 0 Å². The lowest BCUT2D eigenvalue weighted by atomic mass is 9.99. The molecule has 0 saturated carbocycles. The Morgan fingerprint density at radius 2 is 1.69 bits per heavy atom. The van der Waals surface area contributed by atoms with Gasteiger partial charge in [0.15, 0.2) is 12.4 Å². The van der Waals surface area contributed by atoms with Crippen molar-refractivity contribution in [3.63, 3.8) is 0 Å². The number of benzene rings is 1. The maximum Gasteiger partial charge on any atom is 0.338 e. The lowest BCUT2D eigenvalue weighted by molar-refractivity contribution is -0.297. The third kappa shape index (κ3) is 4.97. The third-order valence-electron chi connectivity index (χ3n) is 3.68. The number of carbonyl (C=O) groups excluding carboxylic acids is 1. The molecule has 0 radical (unpaired) electrons. The minimum Gasteiger partial charge on any atom is -0.479 e. The highest BCUT2D eigenvalue weighted by molar-refractivity contribution is 5.89. The zero-order chi connectivity index (χ0) is 19.3. The summed E-state index contributed by atoms with van der Waals surface area (Å²) in [7, 11) is 0. The minimum absolute atomic E-state index is 0.299.